The van der Waals surface area contributed by atoms with Crippen LogP contribution in [0.25, 0.3) is 22.0 Å². The number of para-hydroxylation sites is 2. The Morgan fingerprint density at radius 2 is 2.00 bits per heavy atom. The fourth-order valence-corrected chi connectivity index (χ4v) is 3.08. The van der Waals surface area contributed by atoms with Crippen molar-refractivity contribution in [1.82, 2.24) is 9.97 Å². The molecule has 0 unspecified atom stereocenters. The van der Waals surface area contributed by atoms with E-state index >= 15 is 0 Å². The number of carboxylic acids is 1. The SMILES string of the molecule is CC(=O)N(c1ccc2oc(CCC(=O)O)cc2c1)c1nc2ccccc2[nH]1. The molecule has 136 valence electrons. The number of fused-ring (bicyclic) bond motifs is 2. The first kappa shape index (κ1) is 16.8. The zero-order valence-corrected chi connectivity index (χ0v) is 14.6. The number of H-pyrrole nitrogens is 1. The van der Waals surface area contributed by atoms with Crippen molar-refractivity contribution in [2.45, 2.75) is 19.8 Å². The maximum Gasteiger partial charge on any atom is 0.303 e. The van der Waals surface area contributed by atoms with Gasteiger partial charge >= 0.3 is 5.97 Å². The normalized spacial score (nSPS) is 11.1. The summed E-state index contributed by atoms with van der Waals surface area (Å²) in [4.78, 5) is 32.2. The van der Waals surface area contributed by atoms with Crippen LogP contribution in [0, 0.1) is 0 Å². The average molecular weight is 363 g/mol. The highest BCUT2D eigenvalue weighted by Crippen LogP contribution is 2.30. The number of rotatable bonds is 5. The molecule has 1 amide bonds. The number of imidazole rings is 1. The van der Waals surface area contributed by atoms with E-state index in [4.69, 9.17) is 9.52 Å². The highest BCUT2D eigenvalue weighted by atomic mass is 16.4. The molecule has 0 atom stereocenters. The predicted octanol–water partition coefficient (Wildman–Crippen LogP) is 4.01. The number of carbonyl (C=O) groups excluding carboxylic acids is 1. The molecule has 2 N–H and O–H groups in total. The summed E-state index contributed by atoms with van der Waals surface area (Å²) in [5.41, 5.74) is 2.92. The van der Waals surface area contributed by atoms with Gasteiger partial charge in [-0.15, -0.1) is 0 Å². The van der Waals surface area contributed by atoms with Crippen molar-refractivity contribution >= 4 is 45.5 Å². The summed E-state index contributed by atoms with van der Waals surface area (Å²) in [5.74, 6) is -0.00732. The second kappa shape index (κ2) is 6.60. The van der Waals surface area contributed by atoms with Gasteiger partial charge in [0.15, 0.2) is 0 Å². The molecule has 0 aliphatic heterocycles. The quantitative estimate of drug-likeness (QED) is 0.558. The lowest BCUT2D eigenvalue weighted by Crippen LogP contribution is -2.23. The summed E-state index contributed by atoms with van der Waals surface area (Å²) in [6.45, 7) is 1.48. The molecule has 0 radical (unpaired) electrons. The Morgan fingerprint density at radius 1 is 1.19 bits per heavy atom. The summed E-state index contributed by atoms with van der Waals surface area (Å²) in [5, 5.41) is 9.62. The molecule has 4 aromatic rings. The monoisotopic (exact) mass is 363 g/mol. The van der Waals surface area contributed by atoms with E-state index in [-0.39, 0.29) is 12.3 Å². The minimum atomic E-state index is -0.871. The Bertz CT molecular complexity index is 1130. The third-order valence-corrected chi connectivity index (χ3v) is 4.30. The molecule has 2 aromatic carbocycles. The van der Waals surface area contributed by atoms with Gasteiger partial charge in [0.2, 0.25) is 11.9 Å². The van der Waals surface area contributed by atoms with Crippen molar-refractivity contribution in [2.24, 2.45) is 0 Å². The minimum absolute atomic E-state index is 0.00519. The number of carboxylic acid groups (broad SMARTS) is 1. The van der Waals surface area contributed by atoms with Crippen molar-refractivity contribution in [2.75, 3.05) is 4.90 Å². The van der Waals surface area contributed by atoms with Crippen LogP contribution in [-0.4, -0.2) is 27.0 Å². The molecule has 4 rings (SSSR count). The number of aliphatic carboxylic acids is 1. The maximum atomic E-state index is 12.3. The first-order valence-corrected chi connectivity index (χ1v) is 8.51. The second-order valence-corrected chi connectivity index (χ2v) is 6.26. The molecular weight excluding hydrogens is 346 g/mol. The van der Waals surface area contributed by atoms with E-state index < -0.39 is 5.97 Å². The van der Waals surface area contributed by atoms with Crippen LogP contribution in [0.3, 0.4) is 0 Å². The lowest BCUT2D eigenvalue weighted by atomic mass is 10.2. The summed E-state index contributed by atoms with van der Waals surface area (Å²) in [6, 6.07) is 14.8. The molecule has 0 saturated heterocycles. The molecular formula is C20H17N3O4. The van der Waals surface area contributed by atoms with Gasteiger partial charge in [-0.2, -0.15) is 0 Å². The van der Waals surface area contributed by atoms with Crippen LogP contribution < -0.4 is 4.90 Å². The van der Waals surface area contributed by atoms with Crippen LogP contribution >= 0.6 is 0 Å². The molecule has 7 nitrogen and oxygen atoms in total. The first-order valence-electron chi connectivity index (χ1n) is 8.51. The van der Waals surface area contributed by atoms with E-state index in [1.54, 1.807) is 18.2 Å². The second-order valence-electron chi connectivity index (χ2n) is 6.26. The standard InChI is InChI=1S/C20H17N3O4/c1-12(24)23(20-21-16-4-2-3-5-17(16)22-20)14-6-8-18-13(10-14)11-15(27-18)7-9-19(25)26/h2-6,8,10-11H,7,9H2,1H3,(H,21,22)(H,25,26). The number of nitrogens with one attached hydrogen (secondary N) is 1. The van der Waals surface area contributed by atoms with Crippen molar-refractivity contribution in [3.8, 4) is 0 Å². The van der Waals surface area contributed by atoms with Gasteiger partial charge in [-0.1, -0.05) is 12.1 Å². The van der Waals surface area contributed by atoms with Gasteiger partial charge in [0.1, 0.15) is 11.3 Å². The molecule has 0 fully saturated rings. The number of aryl methyl sites for hydroxylation is 1. The lowest BCUT2D eigenvalue weighted by Gasteiger charge is -2.18. The molecule has 0 bridgehead atoms. The molecule has 2 aromatic heterocycles. The number of nitrogens with zero attached hydrogens (tertiary/aromatic N) is 2. The third-order valence-electron chi connectivity index (χ3n) is 4.30. The van der Waals surface area contributed by atoms with Gasteiger partial charge < -0.3 is 14.5 Å². The third kappa shape index (κ3) is 3.27. The Kier molecular flexibility index (Phi) is 4.12. The van der Waals surface area contributed by atoms with Gasteiger partial charge in [0, 0.05) is 18.7 Å². The van der Waals surface area contributed by atoms with Gasteiger partial charge in [0.05, 0.1) is 23.1 Å². The van der Waals surface area contributed by atoms with Gasteiger partial charge in [-0.05, 0) is 36.4 Å². The van der Waals surface area contributed by atoms with Crippen LogP contribution in [-0.2, 0) is 16.0 Å². The van der Waals surface area contributed by atoms with E-state index in [1.807, 2.05) is 30.3 Å². The van der Waals surface area contributed by atoms with Crippen molar-refractivity contribution in [3.63, 3.8) is 0 Å². The molecule has 27 heavy (non-hydrogen) atoms. The topological polar surface area (TPSA) is 99.4 Å². The van der Waals surface area contributed by atoms with E-state index in [0.717, 1.165) is 16.4 Å². The highest BCUT2D eigenvalue weighted by molar-refractivity contribution is 6.00. The average Bonchev–Trinajstić information content (AvgIpc) is 3.22. The van der Waals surface area contributed by atoms with E-state index in [2.05, 4.69) is 9.97 Å². The Balaban J connectivity index is 1.72. The summed E-state index contributed by atoms with van der Waals surface area (Å²) >= 11 is 0. The van der Waals surface area contributed by atoms with E-state index in [1.165, 1.54) is 11.8 Å². The molecule has 2 heterocycles. The number of aromatic amines is 1. The molecule has 0 aliphatic carbocycles. The number of hydrogen-bond donors (Lipinski definition) is 2. The predicted molar refractivity (Wildman–Crippen MR) is 101 cm³/mol. The summed E-state index contributed by atoms with van der Waals surface area (Å²) < 4.78 is 5.68. The number of anilines is 2. The fourth-order valence-electron chi connectivity index (χ4n) is 3.08. The zero-order valence-electron chi connectivity index (χ0n) is 14.6. The highest BCUT2D eigenvalue weighted by Gasteiger charge is 2.19. The number of furan rings is 1. The van der Waals surface area contributed by atoms with Crippen LogP contribution in [0.15, 0.2) is 52.9 Å². The number of amides is 1. The smallest absolute Gasteiger partial charge is 0.303 e. The molecule has 0 saturated carbocycles. The van der Waals surface area contributed by atoms with Crippen molar-refractivity contribution in [3.05, 3.63) is 54.3 Å². The lowest BCUT2D eigenvalue weighted by molar-refractivity contribution is -0.137. The number of hydrogen-bond acceptors (Lipinski definition) is 4. The van der Waals surface area contributed by atoms with Crippen LogP contribution in [0.1, 0.15) is 19.1 Å². The first-order chi connectivity index (χ1) is 13.0. The van der Waals surface area contributed by atoms with E-state index in [0.29, 0.717) is 29.4 Å². The van der Waals surface area contributed by atoms with Crippen molar-refractivity contribution in [1.29, 1.82) is 0 Å². The molecule has 7 heteroatoms. The van der Waals surface area contributed by atoms with Gasteiger partial charge in [0.25, 0.3) is 0 Å². The minimum Gasteiger partial charge on any atom is -0.481 e. The van der Waals surface area contributed by atoms with Crippen LogP contribution in [0.4, 0.5) is 11.6 Å². The van der Waals surface area contributed by atoms with Gasteiger partial charge in [-0.3, -0.25) is 14.5 Å². The van der Waals surface area contributed by atoms with Crippen LogP contribution in [0.5, 0.6) is 0 Å². The maximum absolute atomic E-state index is 12.3. The number of benzene rings is 2. The van der Waals surface area contributed by atoms with Crippen LogP contribution in [0.2, 0.25) is 0 Å². The molecule has 0 aliphatic rings. The van der Waals surface area contributed by atoms with E-state index in [9.17, 15) is 9.59 Å². The summed E-state index contributed by atoms with van der Waals surface area (Å²) in [7, 11) is 0. The number of aromatic nitrogens is 2. The largest absolute Gasteiger partial charge is 0.481 e. The van der Waals surface area contributed by atoms with Crippen molar-refractivity contribution < 1.29 is 19.1 Å². The Morgan fingerprint density at radius 3 is 2.74 bits per heavy atom. The Hall–Kier alpha value is -3.61. The number of carbonyl (C=O) groups is 2. The molecule has 0 spiro atoms. The Labute approximate surface area is 154 Å². The zero-order chi connectivity index (χ0) is 19.0. The fraction of sp³-hybridized carbons (Fsp3) is 0.150. The summed E-state index contributed by atoms with van der Waals surface area (Å²) in [6.07, 6.45) is 0.324. The van der Waals surface area contributed by atoms with Gasteiger partial charge in [-0.25, -0.2) is 4.98 Å².